The highest BCUT2D eigenvalue weighted by Crippen LogP contribution is 2.26. The summed E-state index contributed by atoms with van der Waals surface area (Å²) in [5.74, 6) is 0.834. The van der Waals surface area contributed by atoms with Gasteiger partial charge in [-0.1, -0.05) is 13.3 Å². The summed E-state index contributed by atoms with van der Waals surface area (Å²) in [5.41, 5.74) is 2.05. The number of carbonyl (C=O) groups is 1. The molecule has 1 unspecified atom stereocenters. The first-order chi connectivity index (χ1) is 13.3. The van der Waals surface area contributed by atoms with Crippen molar-refractivity contribution in [2.45, 2.75) is 38.6 Å². The molecule has 3 rings (SSSR count). The van der Waals surface area contributed by atoms with E-state index >= 15 is 0 Å². The molecule has 2 N–H and O–H groups in total. The fourth-order valence-corrected chi connectivity index (χ4v) is 4.02. The molecule has 1 fully saturated rings. The standard InChI is InChI=1S/C21H29N3O2S/c1-2-3-13-26-19-8-6-18(7-9-19)23-21(25)22-15-20(17-10-14-27-16-17)24-11-4-5-12-24/h6-10,14,16,20H,2-5,11-13,15H2,1H3,(H2,22,23,25). The van der Waals surface area contributed by atoms with Crippen LogP contribution in [0.5, 0.6) is 5.75 Å². The first-order valence-electron chi connectivity index (χ1n) is 9.80. The second kappa shape index (κ2) is 10.3. The number of ether oxygens (including phenoxy) is 1. The van der Waals surface area contributed by atoms with E-state index in [-0.39, 0.29) is 12.1 Å². The SMILES string of the molecule is CCCCOc1ccc(NC(=O)NCC(c2ccsc2)N2CCCC2)cc1. The van der Waals surface area contributed by atoms with Gasteiger partial charge >= 0.3 is 6.03 Å². The molecule has 5 nitrogen and oxygen atoms in total. The fourth-order valence-electron chi connectivity index (χ4n) is 3.31. The molecule has 1 aromatic heterocycles. The van der Waals surface area contributed by atoms with E-state index in [1.807, 2.05) is 24.3 Å². The van der Waals surface area contributed by atoms with Crippen molar-refractivity contribution in [3.05, 3.63) is 46.7 Å². The van der Waals surface area contributed by atoms with Gasteiger partial charge < -0.3 is 15.4 Å². The topological polar surface area (TPSA) is 53.6 Å². The Morgan fingerprint density at radius 1 is 1.22 bits per heavy atom. The van der Waals surface area contributed by atoms with Gasteiger partial charge in [0, 0.05) is 12.2 Å². The number of thiophene rings is 1. The van der Waals surface area contributed by atoms with Gasteiger partial charge in [0.25, 0.3) is 0 Å². The van der Waals surface area contributed by atoms with Crippen LogP contribution in [0.25, 0.3) is 0 Å². The third-order valence-corrected chi connectivity index (χ3v) is 5.55. The number of likely N-dealkylation sites (tertiary alicyclic amines) is 1. The molecule has 1 atom stereocenters. The molecule has 0 spiro atoms. The largest absolute Gasteiger partial charge is 0.494 e. The minimum atomic E-state index is -0.172. The fraction of sp³-hybridized carbons (Fsp3) is 0.476. The molecular formula is C21H29N3O2S. The molecule has 6 heteroatoms. The summed E-state index contributed by atoms with van der Waals surface area (Å²) < 4.78 is 5.65. The number of unbranched alkanes of at least 4 members (excludes halogenated alkanes) is 1. The van der Waals surface area contributed by atoms with Gasteiger partial charge in [-0.2, -0.15) is 11.3 Å². The Bertz CT molecular complexity index is 682. The van der Waals surface area contributed by atoms with E-state index in [4.69, 9.17) is 4.74 Å². The van der Waals surface area contributed by atoms with Gasteiger partial charge in [0.15, 0.2) is 0 Å². The molecule has 2 heterocycles. The molecule has 1 aromatic carbocycles. The Labute approximate surface area is 165 Å². The zero-order chi connectivity index (χ0) is 18.9. The van der Waals surface area contributed by atoms with Crippen molar-refractivity contribution >= 4 is 23.1 Å². The summed E-state index contributed by atoms with van der Waals surface area (Å²) in [6.45, 7) is 5.68. The normalized spacial score (nSPS) is 15.4. The number of anilines is 1. The van der Waals surface area contributed by atoms with Gasteiger partial charge in [-0.25, -0.2) is 4.79 Å². The summed E-state index contributed by atoms with van der Waals surface area (Å²) in [6.07, 6.45) is 4.63. The zero-order valence-corrected chi connectivity index (χ0v) is 16.8. The molecule has 0 aliphatic carbocycles. The highest BCUT2D eigenvalue weighted by Gasteiger charge is 2.24. The minimum Gasteiger partial charge on any atom is -0.494 e. The maximum Gasteiger partial charge on any atom is 0.319 e. The summed E-state index contributed by atoms with van der Waals surface area (Å²) in [4.78, 5) is 14.8. The van der Waals surface area contributed by atoms with Crippen LogP contribution in [0.15, 0.2) is 41.1 Å². The first-order valence-corrected chi connectivity index (χ1v) is 10.7. The summed E-state index contributed by atoms with van der Waals surface area (Å²) in [5, 5.41) is 10.2. The van der Waals surface area contributed by atoms with Gasteiger partial charge in [0.05, 0.1) is 12.6 Å². The van der Waals surface area contributed by atoms with Crippen molar-refractivity contribution in [3.63, 3.8) is 0 Å². The second-order valence-corrected chi connectivity index (χ2v) is 7.66. The average molecular weight is 388 g/mol. The quantitative estimate of drug-likeness (QED) is 0.603. The van der Waals surface area contributed by atoms with Crippen LogP contribution in [0, 0.1) is 0 Å². The third-order valence-electron chi connectivity index (χ3n) is 4.84. The van der Waals surface area contributed by atoms with Crippen LogP contribution < -0.4 is 15.4 Å². The van der Waals surface area contributed by atoms with Crippen LogP contribution in [-0.2, 0) is 0 Å². The molecule has 1 aliphatic rings. The lowest BCUT2D eigenvalue weighted by Gasteiger charge is -2.27. The summed E-state index contributed by atoms with van der Waals surface area (Å²) in [6, 6.07) is 9.76. The monoisotopic (exact) mass is 387 g/mol. The number of rotatable bonds is 9. The van der Waals surface area contributed by atoms with E-state index in [0.717, 1.165) is 44.0 Å². The minimum absolute atomic E-state index is 0.172. The van der Waals surface area contributed by atoms with E-state index in [0.29, 0.717) is 6.54 Å². The highest BCUT2D eigenvalue weighted by molar-refractivity contribution is 7.07. The molecule has 27 heavy (non-hydrogen) atoms. The Morgan fingerprint density at radius 3 is 2.67 bits per heavy atom. The molecule has 146 valence electrons. The van der Waals surface area contributed by atoms with E-state index in [1.54, 1.807) is 11.3 Å². The van der Waals surface area contributed by atoms with E-state index < -0.39 is 0 Å². The number of nitrogens with one attached hydrogen (secondary N) is 2. The predicted octanol–water partition coefficient (Wildman–Crippen LogP) is 4.89. The number of hydrogen-bond donors (Lipinski definition) is 2. The Balaban J connectivity index is 1.49. The van der Waals surface area contributed by atoms with Crippen LogP contribution >= 0.6 is 11.3 Å². The zero-order valence-electron chi connectivity index (χ0n) is 15.9. The van der Waals surface area contributed by atoms with Crippen molar-refractivity contribution in [1.82, 2.24) is 10.2 Å². The molecule has 2 aromatic rings. The maximum atomic E-state index is 12.3. The Morgan fingerprint density at radius 2 is 2.00 bits per heavy atom. The Kier molecular flexibility index (Phi) is 7.54. The van der Waals surface area contributed by atoms with Gasteiger partial charge in [-0.05, 0) is 79.0 Å². The second-order valence-electron chi connectivity index (χ2n) is 6.88. The molecular weight excluding hydrogens is 358 g/mol. The lowest BCUT2D eigenvalue weighted by atomic mass is 10.1. The number of amides is 2. The molecule has 0 radical (unpaired) electrons. The lowest BCUT2D eigenvalue weighted by molar-refractivity contribution is 0.228. The smallest absolute Gasteiger partial charge is 0.319 e. The Hall–Kier alpha value is -2.05. The maximum absolute atomic E-state index is 12.3. The van der Waals surface area contributed by atoms with E-state index in [2.05, 4.69) is 39.3 Å². The number of urea groups is 1. The molecule has 0 bridgehead atoms. The van der Waals surface area contributed by atoms with Crippen molar-refractivity contribution < 1.29 is 9.53 Å². The van der Waals surface area contributed by atoms with Gasteiger partial charge in [0.2, 0.25) is 0 Å². The molecule has 1 saturated heterocycles. The summed E-state index contributed by atoms with van der Waals surface area (Å²) >= 11 is 1.70. The third kappa shape index (κ3) is 5.97. The number of nitrogens with zero attached hydrogens (tertiary/aromatic N) is 1. The van der Waals surface area contributed by atoms with Crippen LogP contribution in [0.3, 0.4) is 0 Å². The van der Waals surface area contributed by atoms with E-state index in [9.17, 15) is 4.79 Å². The van der Waals surface area contributed by atoms with Crippen LogP contribution in [-0.4, -0.2) is 37.2 Å². The lowest BCUT2D eigenvalue weighted by Crippen LogP contribution is -2.38. The van der Waals surface area contributed by atoms with Crippen molar-refractivity contribution in [3.8, 4) is 5.75 Å². The van der Waals surface area contributed by atoms with Gasteiger partial charge in [0.1, 0.15) is 5.75 Å². The van der Waals surface area contributed by atoms with Crippen LogP contribution in [0.1, 0.15) is 44.2 Å². The average Bonchev–Trinajstić information content (AvgIpc) is 3.38. The highest BCUT2D eigenvalue weighted by atomic mass is 32.1. The number of carbonyl (C=O) groups excluding carboxylic acids is 1. The van der Waals surface area contributed by atoms with Crippen molar-refractivity contribution in [2.75, 3.05) is 31.6 Å². The van der Waals surface area contributed by atoms with E-state index in [1.165, 1.54) is 18.4 Å². The van der Waals surface area contributed by atoms with Crippen molar-refractivity contribution in [1.29, 1.82) is 0 Å². The van der Waals surface area contributed by atoms with Gasteiger partial charge in [-0.3, -0.25) is 4.90 Å². The predicted molar refractivity (Wildman–Crippen MR) is 112 cm³/mol. The van der Waals surface area contributed by atoms with Gasteiger partial charge in [-0.15, -0.1) is 0 Å². The van der Waals surface area contributed by atoms with Crippen LogP contribution in [0.2, 0.25) is 0 Å². The molecule has 0 saturated carbocycles. The molecule has 1 aliphatic heterocycles. The van der Waals surface area contributed by atoms with Crippen molar-refractivity contribution in [2.24, 2.45) is 0 Å². The summed E-state index contributed by atoms with van der Waals surface area (Å²) in [7, 11) is 0. The van der Waals surface area contributed by atoms with Crippen LogP contribution in [0.4, 0.5) is 10.5 Å². The first kappa shape index (κ1) is 19.7. The molecule has 2 amide bonds. The number of benzene rings is 1. The number of hydrogen-bond acceptors (Lipinski definition) is 4.